The van der Waals surface area contributed by atoms with Crippen molar-refractivity contribution in [3.05, 3.63) is 224 Å². The Morgan fingerprint density at radius 2 is 0.843 bits per heavy atom. The van der Waals surface area contributed by atoms with Gasteiger partial charge in [-0.05, 0) is 96.1 Å². The zero-order valence-electron chi connectivity index (χ0n) is 37.4. The van der Waals surface area contributed by atoms with Crippen LogP contribution in [0, 0.1) is 0 Å². The van der Waals surface area contributed by atoms with E-state index in [-0.39, 0.29) is 0 Å². The minimum Gasteiger partial charge on any atom is -0.456 e. The molecule has 0 saturated carbocycles. The van der Waals surface area contributed by atoms with Gasteiger partial charge in [-0.15, -0.1) is 0 Å². The number of para-hydroxylation sites is 5. The first-order valence-electron chi connectivity index (χ1n) is 23.5. The van der Waals surface area contributed by atoms with Crippen LogP contribution in [0.4, 0.5) is 0 Å². The summed E-state index contributed by atoms with van der Waals surface area (Å²) in [5.41, 5.74) is 14.9. The lowest BCUT2D eigenvalue weighted by Gasteiger charge is -2.15. The van der Waals surface area contributed by atoms with E-state index in [1.165, 1.54) is 21.9 Å². The summed E-state index contributed by atoms with van der Waals surface area (Å²) >= 11 is 0. The van der Waals surface area contributed by atoms with Gasteiger partial charge in [0.2, 0.25) is 0 Å². The number of hydrogen-bond acceptors (Lipinski definition) is 5. The van der Waals surface area contributed by atoms with Gasteiger partial charge in [0.1, 0.15) is 22.3 Å². The molecule has 15 aromatic rings. The highest BCUT2D eigenvalue weighted by Gasteiger charge is 2.23. The van der Waals surface area contributed by atoms with Crippen LogP contribution in [-0.2, 0) is 0 Å². The maximum Gasteiger partial charge on any atom is 0.164 e. The molecule has 0 atom stereocenters. The first-order chi connectivity index (χ1) is 34.7. The molecule has 0 aliphatic carbocycles. The first-order valence-corrected chi connectivity index (χ1v) is 23.5. The maximum atomic E-state index is 6.37. The summed E-state index contributed by atoms with van der Waals surface area (Å²) in [6.07, 6.45) is 0. The van der Waals surface area contributed by atoms with Gasteiger partial charge in [-0.1, -0.05) is 140 Å². The van der Waals surface area contributed by atoms with Crippen LogP contribution in [0.5, 0.6) is 0 Å². The van der Waals surface area contributed by atoms with Crippen molar-refractivity contribution in [2.75, 3.05) is 0 Å². The van der Waals surface area contributed by atoms with Crippen molar-refractivity contribution in [3.63, 3.8) is 0 Å². The second-order valence-electron chi connectivity index (χ2n) is 17.9. The predicted octanol–water partition coefficient (Wildman–Crippen LogP) is 16.5. The highest BCUT2D eigenvalue weighted by molar-refractivity contribution is 6.16. The Hall–Kier alpha value is -9.59. The summed E-state index contributed by atoms with van der Waals surface area (Å²) in [4.78, 5) is 15.9. The van der Waals surface area contributed by atoms with Crippen molar-refractivity contribution in [2.45, 2.75) is 0 Å². The number of rotatable bonds is 6. The van der Waals surface area contributed by atoms with Gasteiger partial charge in [-0.3, -0.25) is 0 Å². The Bertz CT molecular complexity index is 4610. The molecule has 7 heteroatoms. The van der Waals surface area contributed by atoms with E-state index in [4.69, 9.17) is 23.8 Å². The molecule has 15 rings (SSSR count). The van der Waals surface area contributed by atoms with Gasteiger partial charge in [-0.25, -0.2) is 15.0 Å². The van der Waals surface area contributed by atoms with E-state index < -0.39 is 0 Å². The number of hydrogen-bond donors (Lipinski definition) is 0. The summed E-state index contributed by atoms with van der Waals surface area (Å²) in [5, 5.41) is 8.64. The molecular formula is C63H37N5O2. The molecule has 70 heavy (non-hydrogen) atoms. The topological polar surface area (TPSA) is 74.8 Å². The lowest BCUT2D eigenvalue weighted by atomic mass is 10.0. The molecule has 10 aromatic carbocycles. The second-order valence-corrected chi connectivity index (χ2v) is 17.9. The molecule has 0 aliphatic rings. The molecule has 0 fully saturated rings. The van der Waals surface area contributed by atoms with Crippen LogP contribution in [0.15, 0.2) is 233 Å². The van der Waals surface area contributed by atoms with Gasteiger partial charge in [0.05, 0.1) is 27.8 Å². The van der Waals surface area contributed by atoms with E-state index in [2.05, 4.69) is 173 Å². The fraction of sp³-hybridized carbons (Fsp3) is 0. The van der Waals surface area contributed by atoms with E-state index >= 15 is 0 Å². The molecule has 0 spiro atoms. The van der Waals surface area contributed by atoms with Gasteiger partial charge < -0.3 is 18.0 Å². The number of benzene rings is 10. The Balaban J connectivity index is 0.959. The average Bonchev–Trinajstić information content (AvgIpc) is 4.18. The van der Waals surface area contributed by atoms with Crippen molar-refractivity contribution in [2.24, 2.45) is 0 Å². The minimum absolute atomic E-state index is 0.563. The molecule has 0 saturated heterocycles. The van der Waals surface area contributed by atoms with Gasteiger partial charge in [0.15, 0.2) is 17.5 Å². The van der Waals surface area contributed by atoms with E-state index in [9.17, 15) is 0 Å². The largest absolute Gasteiger partial charge is 0.456 e. The molecule has 0 aliphatic heterocycles. The zero-order chi connectivity index (χ0) is 45.9. The summed E-state index contributed by atoms with van der Waals surface area (Å²) in [5.74, 6) is 1.70. The van der Waals surface area contributed by atoms with Gasteiger partial charge in [0, 0.05) is 65.5 Å². The molecule has 0 N–H and O–H groups in total. The number of fused-ring (bicyclic) bond motifs is 12. The molecule has 326 valence electrons. The third-order valence-electron chi connectivity index (χ3n) is 14.0. The molecule has 0 unspecified atom stereocenters. The maximum absolute atomic E-state index is 6.37. The third-order valence-corrected chi connectivity index (χ3v) is 14.0. The standard InChI is InChI=1S/C63H37N5O2/c1-2-15-38(16-3-1)39-17-12-18-42(35-39)67-51-25-8-4-19-43(51)46-23-13-27-54(60(46)67)68-52-26-9-5-20-44(52)49-36-40(31-33-53(49)68)61-64-62(41-32-34-57-50(37-41)45-21-6-10-28-55(45)69-57)66-63(65-61)48-24-14-30-58-59(48)47-22-7-11-29-56(47)70-58/h1-37H. The van der Waals surface area contributed by atoms with Crippen molar-refractivity contribution >= 4 is 87.5 Å². The van der Waals surface area contributed by atoms with Crippen LogP contribution < -0.4 is 0 Å². The lowest BCUT2D eigenvalue weighted by molar-refractivity contribution is 0.668. The third kappa shape index (κ3) is 5.79. The molecule has 0 radical (unpaired) electrons. The Labute approximate surface area is 399 Å². The second kappa shape index (κ2) is 15.0. The van der Waals surface area contributed by atoms with Crippen LogP contribution in [-0.4, -0.2) is 24.1 Å². The lowest BCUT2D eigenvalue weighted by Crippen LogP contribution is -2.01. The van der Waals surface area contributed by atoms with Crippen molar-refractivity contribution in [3.8, 4) is 56.7 Å². The van der Waals surface area contributed by atoms with E-state index in [1.807, 2.05) is 60.7 Å². The SMILES string of the molecule is c1ccc(-c2cccc(-n3c4ccccc4c4cccc(-n5c6ccccc6c6cc(-c7nc(-c8ccc9oc%10ccccc%10c9c8)nc(-c8cccc9oc%10ccccc%10c89)n7)ccc65)c43)c2)cc1. The molecule has 0 amide bonds. The zero-order valence-corrected chi connectivity index (χ0v) is 37.4. The number of nitrogens with zero attached hydrogens (tertiary/aromatic N) is 5. The monoisotopic (exact) mass is 895 g/mol. The Kier molecular flexibility index (Phi) is 8.23. The molecule has 5 heterocycles. The number of furan rings is 2. The quantitative estimate of drug-likeness (QED) is 0.166. The molecule has 0 bridgehead atoms. The van der Waals surface area contributed by atoms with E-state index in [0.717, 1.165) is 105 Å². The predicted molar refractivity (Wildman–Crippen MR) is 285 cm³/mol. The van der Waals surface area contributed by atoms with Crippen LogP contribution in [0.2, 0.25) is 0 Å². The summed E-state index contributed by atoms with van der Waals surface area (Å²) in [6.45, 7) is 0. The highest BCUT2D eigenvalue weighted by atomic mass is 16.3. The van der Waals surface area contributed by atoms with Crippen molar-refractivity contribution < 1.29 is 8.83 Å². The van der Waals surface area contributed by atoms with E-state index in [1.54, 1.807) is 0 Å². The fourth-order valence-electron chi connectivity index (χ4n) is 10.9. The van der Waals surface area contributed by atoms with Crippen LogP contribution >= 0.6 is 0 Å². The average molecular weight is 896 g/mol. The fourth-order valence-corrected chi connectivity index (χ4v) is 10.9. The summed E-state index contributed by atoms with van der Waals surface area (Å²) < 4.78 is 17.5. The van der Waals surface area contributed by atoms with Crippen molar-refractivity contribution in [1.82, 2.24) is 24.1 Å². The van der Waals surface area contributed by atoms with Crippen LogP contribution in [0.1, 0.15) is 0 Å². The first kappa shape index (κ1) is 38.5. The normalized spacial score (nSPS) is 12.0. The van der Waals surface area contributed by atoms with Crippen LogP contribution in [0.25, 0.3) is 144 Å². The molecule has 5 aromatic heterocycles. The minimum atomic E-state index is 0.563. The molecular weight excluding hydrogens is 859 g/mol. The van der Waals surface area contributed by atoms with Gasteiger partial charge in [-0.2, -0.15) is 0 Å². The van der Waals surface area contributed by atoms with Gasteiger partial charge in [0.25, 0.3) is 0 Å². The number of aromatic nitrogens is 5. The molecule has 7 nitrogen and oxygen atoms in total. The Morgan fingerprint density at radius 3 is 1.66 bits per heavy atom. The van der Waals surface area contributed by atoms with E-state index in [0.29, 0.717) is 17.5 Å². The smallest absolute Gasteiger partial charge is 0.164 e. The van der Waals surface area contributed by atoms with Gasteiger partial charge >= 0.3 is 0 Å². The summed E-state index contributed by atoms with van der Waals surface area (Å²) in [6, 6.07) is 78.8. The summed E-state index contributed by atoms with van der Waals surface area (Å²) in [7, 11) is 0. The highest BCUT2D eigenvalue weighted by Crippen LogP contribution is 2.42. The van der Waals surface area contributed by atoms with Crippen LogP contribution in [0.3, 0.4) is 0 Å². The van der Waals surface area contributed by atoms with Crippen molar-refractivity contribution in [1.29, 1.82) is 0 Å². The Morgan fingerprint density at radius 1 is 0.300 bits per heavy atom.